The Balaban J connectivity index is 1.62. The van der Waals surface area contributed by atoms with Crippen LogP contribution in [-0.4, -0.2) is 22.2 Å². The van der Waals surface area contributed by atoms with Crippen LogP contribution < -0.4 is 10.9 Å². The molecule has 25 heavy (non-hydrogen) atoms. The van der Waals surface area contributed by atoms with Gasteiger partial charge < -0.3 is 5.32 Å². The predicted molar refractivity (Wildman–Crippen MR) is 96.9 cm³/mol. The second-order valence-corrected chi connectivity index (χ2v) is 5.65. The molecule has 0 aliphatic rings. The van der Waals surface area contributed by atoms with Gasteiger partial charge in [-0.25, -0.2) is 0 Å². The Bertz CT molecular complexity index is 890. The smallest absolute Gasteiger partial charge is 0.271 e. The number of amides is 1. The summed E-state index contributed by atoms with van der Waals surface area (Å²) in [6.45, 7) is 0.555. The molecule has 2 aromatic carbocycles. The maximum absolute atomic E-state index is 12.3. The number of aromatic nitrogens is 2. The lowest BCUT2D eigenvalue weighted by Crippen LogP contribution is -2.29. The Labute approximate surface area is 145 Å². The molecule has 0 unspecified atom stereocenters. The molecule has 0 radical (unpaired) electrons. The summed E-state index contributed by atoms with van der Waals surface area (Å²) in [7, 11) is 0. The van der Waals surface area contributed by atoms with Gasteiger partial charge in [-0.3, -0.25) is 9.59 Å². The second kappa shape index (κ2) is 8.06. The van der Waals surface area contributed by atoms with E-state index in [0.717, 1.165) is 12.8 Å². The highest BCUT2D eigenvalue weighted by Gasteiger charge is 2.10. The molecule has 0 saturated carbocycles. The van der Waals surface area contributed by atoms with E-state index in [0.29, 0.717) is 12.2 Å². The highest BCUT2D eigenvalue weighted by Crippen LogP contribution is 2.04. The Hall–Kier alpha value is -3.21. The molecule has 1 amide bonds. The number of benzene rings is 2. The van der Waals surface area contributed by atoms with Crippen LogP contribution in [0.25, 0.3) is 5.69 Å². The monoisotopic (exact) mass is 333 g/mol. The number of carbonyl (C=O) groups excluding carboxylic acids is 1. The molecule has 3 aromatic rings. The van der Waals surface area contributed by atoms with Crippen molar-refractivity contribution in [1.29, 1.82) is 0 Å². The summed E-state index contributed by atoms with van der Waals surface area (Å²) in [6, 6.07) is 22.0. The van der Waals surface area contributed by atoms with Crippen molar-refractivity contribution < 1.29 is 4.79 Å². The van der Waals surface area contributed by atoms with Crippen LogP contribution in [0.4, 0.5) is 0 Å². The molecular formula is C20H19N3O2. The summed E-state index contributed by atoms with van der Waals surface area (Å²) in [5.41, 5.74) is 1.83. The summed E-state index contributed by atoms with van der Waals surface area (Å²) in [5, 5.41) is 7.02. The van der Waals surface area contributed by atoms with Crippen LogP contribution in [-0.2, 0) is 6.42 Å². The summed E-state index contributed by atoms with van der Waals surface area (Å²) >= 11 is 0. The Morgan fingerprint density at radius 2 is 1.60 bits per heavy atom. The van der Waals surface area contributed by atoms with E-state index in [2.05, 4.69) is 22.5 Å². The van der Waals surface area contributed by atoms with Gasteiger partial charge in [0.25, 0.3) is 11.5 Å². The van der Waals surface area contributed by atoms with E-state index in [1.54, 1.807) is 12.1 Å². The zero-order valence-electron chi connectivity index (χ0n) is 13.8. The number of nitrogens with zero attached hydrogens (tertiary/aromatic N) is 2. The lowest BCUT2D eigenvalue weighted by Gasteiger charge is -2.08. The number of hydrogen-bond acceptors (Lipinski definition) is 3. The van der Waals surface area contributed by atoms with Crippen molar-refractivity contribution in [2.75, 3.05) is 6.54 Å². The third kappa shape index (κ3) is 4.41. The van der Waals surface area contributed by atoms with Crippen molar-refractivity contribution in [3.05, 3.63) is 94.4 Å². The molecule has 1 aromatic heterocycles. The number of para-hydroxylation sites is 1. The topological polar surface area (TPSA) is 64.0 Å². The summed E-state index contributed by atoms with van der Waals surface area (Å²) in [6.07, 6.45) is 1.74. The quantitative estimate of drug-likeness (QED) is 0.705. The van der Waals surface area contributed by atoms with Gasteiger partial charge >= 0.3 is 0 Å². The maximum Gasteiger partial charge on any atom is 0.271 e. The SMILES string of the molecule is O=C(NCCCc1ccccc1)c1ccc(=O)n(-c2ccccc2)n1. The molecule has 126 valence electrons. The molecule has 1 N–H and O–H groups in total. The van der Waals surface area contributed by atoms with Crippen LogP contribution in [0.3, 0.4) is 0 Å². The van der Waals surface area contributed by atoms with Gasteiger partial charge in [-0.1, -0.05) is 48.5 Å². The van der Waals surface area contributed by atoms with Gasteiger partial charge in [-0.2, -0.15) is 9.78 Å². The predicted octanol–water partition coefficient (Wildman–Crippen LogP) is 2.60. The number of carbonyl (C=O) groups is 1. The van der Waals surface area contributed by atoms with Crippen LogP contribution in [0.5, 0.6) is 0 Å². The summed E-state index contributed by atoms with van der Waals surface area (Å²) in [4.78, 5) is 24.2. The number of nitrogens with one attached hydrogen (secondary N) is 1. The molecule has 0 saturated heterocycles. The van der Waals surface area contributed by atoms with E-state index in [-0.39, 0.29) is 17.2 Å². The number of rotatable bonds is 6. The van der Waals surface area contributed by atoms with Gasteiger partial charge in [0, 0.05) is 12.6 Å². The van der Waals surface area contributed by atoms with Gasteiger partial charge in [-0.05, 0) is 36.6 Å². The molecular weight excluding hydrogens is 314 g/mol. The first-order valence-electron chi connectivity index (χ1n) is 8.22. The summed E-state index contributed by atoms with van der Waals surface area (Å²) in [5.74, 6) is -0.280. The van der Waals surface area contributed by atoms with E-state index in [9.17, 15) is 9.59 Å². The summed E-state index contributed by atoms with van der Waals surface area (Å²) < 4.78 is 1.24. The van der Waals surface area contributed by atoms with Gasteiger partial charge in [0.15, 0.2) is 0 Å². The maximum atomic E-state index is 12.3. The molecule has 1 heterocycles. The molecule has 0 atom stereocenters. The zero-order chi connectivity index (χ0) is 17.5. The molecule has 0 bridgehead atoms. The van der Waals surface area contributed by atoms with Gasteiger partial charge in [-0.15, -0.1) is 0 Å². The van der Waals surface area contributed by atoms with E-state index >= 15 is 0 Å². The highest BCUT2D eigenvalue weighted by atomic mass is 16.2. The molecule has 0 aliphatic heterocycles. The first kappa shape index (κ1) is 16.6. The lowest BCUT2D eigenvalue weighted by molar-refractivity contribution is 0.0946. The molecule has 5 heteroatoms. The zero-order valence-corrected chi connectivity index (χ0v) is 13.8. The highest BCUT2D eigenvalue weighted by molar-refractivity contribution is 5.92. The largest absolute Gasteiger partial charge is 0.351 e. The van der Waals surface area contributed by atoms with Gasteiger partial charge in [0.1, 0.15) is 5.69 Å². The average Bonchev–Trinajstić information content (AvgIpc) is 2.67. The Morgan fingerprint density at radius 1 is 0.920 bits per heavy atom. The fraction of sp³-hybridized carbons (Fsp3) is 0.150. The van der Waals surface area contributed by atoms with Crippen molar-refractivity contribution in [3.63, 3.8) is 0 Å². The number of aryl methyl sites for hydroxylation is 1. The van der Waals surface area contributed by atoms with Crippen molar-refractivity contribution in [1.82, 2.24) is 15.1 Å². The molecule has 3 rings (SSSR count). The van der Waals surface area contributed by atoms with Crippen molar-refractivity contribution >= 4 is 5.91 Å². The minimum absolute atomic E-state index is 0.225. The third-order valence-corrected chi connectivity index (χ3v) is 3.80. The fourth-order valence-electron chi connectivity index (χ4n) is 2.52. The van der Waals surface area contributed by atoms with Crippen molar-refractivity contribution in [3.8, 4) is 5.69 Å². The molecule has 0 fully saturated rings. The minimum Gasteiger partial charge on any atom is -0.351 e. The van der Waals surface area contributed by atoms with Crippen LogP contribution in [0.2, 0.25) is 0 Å². The first-order chi connectivity index (χ1) is 12.2. The standard InChI is InChI=1S/C20H19N3O2/c24-19-14-13-18(22-23(19)17-11-5-2-6-12-17)20(25)21-15-7-10-16-8-3-1-4-9-16/h1-6,8-9,11-14H,7,10,15H2,(H,21,25). The first-order valence-corrected chi connectivity index (χ1v) is 8.22. The third-order valence-electron chi connectivity index (χ3n) is 3.80. The van der Waals surface area contributed by atoms with Crippen LogP contribution >= 0.6 is 0 Å². The second-order valence-electron chi connectivity index (χ2n) is 5.65. The van der Waals surface area contributed by atoms with E-state index in [1.165, 1.54) is 22.4 Å². The molecule has 0 aliphatic carbocycles. The van der Waals surface area contributed by atoms with Crippen LogP contribution in [0.1, 0.15) is 22.5 Å². The van der Waals surface area contributed by atoms with Crippen LogP contribution in [0, 0.1) is 0 Å². The fourth-order valence-corrected chi connectivity index (χ4v) is 2.52. The van der Waals surface area contributed by atoms with E-state index in [4.69, 9.17) is 0 Å². The van der Waals surface area contributed by atoms with Crippen molar-refractivity contribution in [2.24, 2.45) is 0 Å². The Kier molecular flexibility index (Phi) is 5.36. The normalized spacial score (nSPS) is 10.4. The lowest BCUT2D eigenvalue weighted by atomic mass is 10.1. The number of hydrogen-bond donors (Lipinski definition) is 1. The van der Waals surface area contributed by atoms with E-state index < -0.39 is 0 Å². The van der Waals surface area contributed by atoms with E-state index in [1.807, 2.05) is 36.4 Å². The minimum atomic E-state index is -0.280. The Morgan fingerprint density at radius 3 is 2.32 bits per heavy atom. The molecule has 0 spiro atoms. The van der Waals surface area contributed by atoms with Gasteiger partial charge in [0.05, 0.1) is 5.69 Å². The van der Waals surface area contributed by atoms with Gasteiger partial charge in [0.2, 0.25) is 0 Å². The van der Waals surface area contributed by atoms with Crippen LogP contribution in [0.15, 0.2) is 77.6 Å². The molecule has 5 nitrogen and oxygen atoms in total. The van der Waals surface area contributed by atoms with Crippen molar-refractivity contribution in [2.45, 2.75) is 12.8 Å². The average molecular weight is 333 g/mol.